The molecule has 2 aromatic rings. The Morgan fingerprint density at radius 1 is 1.11 bits per heavy atom. The average molecular weight is 320 g/mol. The molecule has 0 saturated heterocycles. The molecule has 2 aromatic carbocycles. The van der Waals surface area contributed by atoms with Crippen LogP contribution in [0.2, 0.25) is 0 Å². The second kappa shape index (κ2) is 6.35. The maximum atomic E-state index is 13.1. The van der Waals surface area contributed by atoms with Gasteiger partial charge in [-0.3, -0.25) is 0 Å². The fourth-order valence-corrected chi connectivity index (χ4v) is 1.96. The van der Waals surface area contributed by atoms with Gasteiger partial charge in [0.15, 0.2) is 0 Å². The van der Waals surface area contributed by atoms with E-state index in [4.69, 9.17) is 10.00 Å². The van der Waals surface area contributed by atoms with E-state index in [-0.39, 0.29) is 5.56 Å². The first kappa shape index (κ1) is 13.6. The molecule has 0 amide bonds. The summed E-state index contributed by atoms with van der Waals surface area (Å²) in [5, 5.41) is 9.55. The second-order valence-electron chi connectivity index (χ2n) is 3.99. The third-order valence-corrected chi connectivity index (χ3v) is 3.28. The molecule has 2 rings (SSSR count). The number of halogens is 2. The van der Waals surface area contributed by atoms with Crippen LogP contribution in [-0.2, 0) is 11.9 Å². The predicted molar refractivity (Wildman–Crippen MR) is 74.5 cm³/mol. The van der Waals surface area contributed by atoms with E-state index in [9.17, 15) is 4.39 Å². The minimum Gasteiger partial charge on any atom is -0.489 e. The smallest absolute Gasteiger partial charge is 0.140 e. The molecule has 96 valence electrons. The highest BCUT2D eigenvalue weighted by atomic mass is 79.9. The minimum absolute atomic E-state index is 0.0377. The van der Waals surface area contributed by atoms with Crippen molar-refractivity contribution < 1.29 is 9.13 Å². The molecule has 0 atom stereocenters. The van der Waals surface area contributed by atoms with Gasteiger partial charge in [0.05, 0.1) is 5.56 Å². The van der Waals surface area contributed by atoms with Gasteiger partial charge in [0, 0.05) is 5.33 Å². The van der Waals surface area contributed by atoms with Crippen LogP contribution in [-0.4, -0.2) is 0 Å². The largest absolute Gasteiger partial charge is 0.489 e. The lowest BCUT2D eigenvalue weighted by atomic mass is 10.1. The molecule has 19 heavy (non-hydrogen) atoms. The molecule has 2 nitrogen and oxygen atoms in total. The van der Waals surface area contributed by atoms with Gasteiger partial charge >= 0.3 is 0 Å². The van der Waals surface area contributed by atoms with E-state index < -0.39 is 5.82 Å². The van der Waals surface area contributed by atoms with E-state index in [0.29, 0.717) is 6.61 Å². The summed E-state index contributed by atoms with van der Waals surface area (Å²) in [6.45, 7) is 0.308. The molecular formula is C15H11BrFNO. The highest BCUT2D eigenvalue weighted by molar-refractivity contribution is 9.08. The van der Waals surface area contributed by atoms with E-state index in [1.807, 2.05) is 30.3 Å². The zero-order valence-electron chi connectivity index (χ0n) is 10.1. The van der Waals surface area contributed by atoms with Crippen LogP contribution in [0.5, 0.6) is 5.75 Å². The Morgan fingerprint density at radius 2 is 1.79 bits per heavy atom. The van der Waals surface area contributed by atoms with E-state index in [1.165, 1.54) is 17.7 Å². The van der Waals surface area contributed by atoms with Crippen molar-refractivity contribution in [3.05, 3.63) is 65.0 Å². The van der Waals surface area contributed by atoms with E-state index in [2.05, 4.69) is 15.9 Å². The summed E-state index contributed by atoms with van der Waals surface area (Å²) in [5.74, 6) is 0.237. The van der Waals surface area contributed by atoms with Crippen LogP contribution >= 0.6 is 15.9 Å². The summed E-state index contributed by atoms with van der Waals surface area (Å²) >= 11 is 3.37. The van der Waals surface area contributed by atoms with Gasteiger partial charge in [-0.05, 0) is 35.4 Å². The van der Waals surface area contributed by atoms with Crippen LogP contribution in [0.25, 0.3) is 0 Å². The Hall–Kier alpha value is -1.86. The molecule has 0 saturated carbocycles. The third-order valence-electron chi connectivity index (χ3n) is 2.63. The monoisotopic (exact) mass is 319 g/mol. The first-order valence-corrected chi connectivity index (χ1v) is 6.81. The maximum Gasteiger partial charge on any atom is 0.140 e. The molecule has 0 spiro atoms. The number of nitriles is 1. The molecule has 0 unspecified atom stereocenters. The highest BCUT2D eigenvalue weighted by Gasteiger charge is 2.03. The van der Waals surface area contributed by atoms with E-state index >= 15 is 0 Å². The maximum absolute atomic E-state index is 13.1. The molecule has 0 heterocycles. The summed E-state index contributed by atoms with van der Waals surface area (Å²) in [6, 6.07) is 13.9. The molecule has 0 N–H and O–H groups in total. The Kier molecular flexibility index (Phi) is 4.53. The van der Waals surface area contributed by atoms with Crippen LogP contribution in [0.1, 0.15) is 16.7 Å². The minimum atomic E-state index is -0.507. The quantitative estimate of drug-likeness (QED) is 0.792. The van der Waals surface area contributed by atoms with Crippen LogP contribution < -0.4 is 4.74 Å². The number of rotatable bonds is 4. The standard InChI is InChI=1S/C15H11BrFNO/c16-8-11-1-4-14(5-2-11)19-10-12-3-6-15(17)13(7-12)9-18/h1-7H,8,10H2. The predicted octanol–water partition coefficient (Wildman–Crippen LogP) is 4.17. The SMILES string of the molecule is N#Cc1cc(COc2ccc(CBr)cc2)ccc1F. The molecule has 0 aliphatic carbocycles. The van der Waals surface area contributed by atoms with Gasteiger partial charge in [-0.15, -0.1) is 0 Å². The normalized spacial score (nSPS) is 9.95. The van der Waals surface area contributed by atoms with Crippen LogP contribution in [0.4, 0.5) is 4.39 Å². The van der Waals surface area contributed by atoms with Crippen molar-refractivity contribution in [2.45, 2.75) is 11.9 Å². The first-order valence-electron chi connectivity index (χ1n) is 5.69. The second-order valence-corrected chi connectivity index (χ2v) is 4.55. The van der Waals surface area contributed by atoms with Crippen molar-refractivity contribution in [3.63, 3.8) is 0 Å². The lowest BCUT2D eigenvalue weighted by Crippen LogP contribution is -1.97. The Balaban J connectivity index is 2.04. The van der Waals surface area contributed by atoms with Gasteiger partial charge in [0.25, 0.3) is 0 Å². The van der Waals surface area contributed by atoms with Crippen LogP contribution in [0.3, 0.4) is 0 Å². The van der Waals surface area contributed by atoms with Crippen molar-refractivity contribution in [1.82, 2.24) is 0 Å². The first-order chi connectivity index (χ1) is 9.22. The summed E-state index contributed by atoms with van der Waals surface area (Å²) in [4.78, 5) is 0. The van der Waals surface area contributed by atoms with Crippen molar-refractivity contribution >= 4 is 15.9 Å². The number of benzene rings is 2. The summed E-state index contributed by atoms with van der Waals surface area (Å²) in [7, 11) is 0. The molecule has 0 aliphatic heterocycles. The lowest BCUT2D eigenvalue weighted by molar-refractivity contribution is 0.306. The molecule has 0 aliphatic rings. The van der Waals surface area contributed by atoms with Crippen LogP contribution in [0.15, 0.2) is 42.5 Å². The van der Waals surface area contributed by atoms with E-state index in [1.54, 1.807) is 6.07 Å². The number of hydrogen-bond acceptors (Lipinski definition) is 2. The molecule has 0 bridgehead atoms. The Bertz CT molecular complexity index is 605. The molecule has 0 aromatic heterocycles. The van der Waals surface area contributed by atoms with Gasteiger partial charge in [-0.25, -0.2) is 4.39 Å². The summed E-state index contributed by atoms with van der Waals surface area (Å²) < 4.78 is 18.7. The lowest BCUT2D eigenvalue weighted by Gasteiger charge is -2.07. The van der Waals surface area contributed by atoms with Gasteiger partial charge in [-0.1, -0.05) is 34.1 Å². The third kappa shape index (κ3) is 3.55. The molecule has 0 fully saturated rings. The fraction of sp³-hybridized carbons (Fsp3) is 0.133. The number of ether oxygens (including phenoxy) is 1. The zero-order chi connectivity index (χ0) is 13.7. The fourth-order valence-electron chi connectivity index (χ4n) is 1.59. The van der Waals surface area contributed by atoms with Crippen molar-refractivity contribution in [3.8, 4) is 11.8 Å². The number of nitrogens with zero attached hydrogens (tertiary/aromatic N) is 1. The van der Waals surface area contributed by atoms with Crippen molar-refractivity contribution in [2.75, 3.05) is 0 Å². The van der Waals surface area contributed by atoms with Crippen LogP contribution in [0, 0.1) is 17.1 Å². The average Bonchev–Trinajstić information content (AvgIpc) is 2.47. The summed E-state index contributed by atoms with van der Waals surface area (Å²) in [5.41, 5.74) is 1.97. The van der Waals surface area contributed by atoms with Crippen molar-refractivity contribution in [1.29, 1.82) is 5.26 Å². The van der Waals surface area contributed by atoms with Gasteiger partial charge in [0.2, 0.25) is 0 Å². The summed E-state index contributed by atoms with van der Waals surface area (Å²) in [6.07, 6.45) is 0. The van der Waals surface area contributed by atoms with Crippen molar-refractivity contribution in [2.24, 2.45) is 0 Å². The number of hydrogen-bond donors (Lipinski definition) is 0. The van der Waals surface area contributed by atoms with Gasteiger partial charge in [0.1, 0.15) is 24.2 Å². The van der Waals surface area contributed by atoms with Gasteiger partial charge < -0.3 is 4.74 Å². The molecule has 0 radical (unpaired) electrons. The Labute approximate surface area is 119 Å². The van der Waals surface area contributed by atoms with Gasteiger partial charge in [-0.2, -0.15) is 5.26 Å². The molecule has 4 heteroatoms. The highest BCUT2D eigenvalue weighted by Crippen LogP contribution is 2.16. The topological polar surface area (TPSA) is 33.0 Å². The Morgan fingerprint density at radius 3 is 2.42 bits per heavy atom. The zero-order valence-corrected chi connectivity index (χ0v) is 11.7. The molecular weight excluding hydrogens is 309 g/mol. The number of alkyl halides is 1. The van der Waals surface area contributed by atoms with E-state index in [0.717, 1.165) is 16.6 Å².